The van der Waals surface area contributed by atoms with E-state index in [9.17, 15) is 13.2 Å². The number of sulfonamides is 1. The van der Waals surface area contributed by atoms with E-state index in [0.29, 0.717) is 30.4 Å². The Morgan fingerprint density at radius 3 is 2.32 bits per heavy atom. The van der Waals surface area contributed by atoms with E-state index in [1.165, 1.54) is 10.6 Å². The van der Waals surface area contributed by atoms with Crippen LogP contribution in [0.25, 0.3) is 0 Å². The number of anilines is 1. The van der Waals surface area contributed by atoms with Gasteiger partial charge in [-0.05, 0) is 43.4 Å². The van der Waals surface area contributed by atoms with Crippen molar-refractivity contribution in [2.75, 3.05) is 23.7 Å². The molecule has 1 atom stereocenters. The van der Waals surface area contributed by atoms with E-state index >= 15 is 0 Å². The van der Waals surface area contributed by atoms with Crippen molar-refractivity contribution in [2.24, 2.45) is 5.92 Å². The van der Waals surface area contributed by atoms with Crippen LogP contribution in [0.3, 0.4) is 0 Å². The number of amides is 1. The minimum absolute atomic E-state index is 0.0570. The van der Waals surface area contributed by atoms with Crippen LogP contribution < -0.4 is 14.4 Å². The molecule has 0 saturated heterocycles. The van der Waals surface area contributed by atoms with Crippen LogP contribution in [0.4, 0.5) is 5.69 Å². The average Bonchev–Trinajstić information content (AvgIpc) is 2.71. The van der Waals surface area contributed by atoms with Gasteiger partial charge in [0.25, 0.3) is 0 Å². The highest BCUT2D eigenvalue weighted by Crippen LogP contribution is 2.30. The van der Waals surface area contributed by atoms with Crippen molar-refractivity contribution in [1.82, 2.24) is 5.32 Å². The standard InChI is InChI=1S/C24H34N2O4S/c1-5-30-23-15-10-9-14-22(23)26(31(4,28)29)17-11-16-24(27)25-21(18-19(2)3)20-12-7-6-8-13-20/h6-10,12-15,19,21H,5,11,16-18H2,1-4H3,(H,25,27)/t21-/m0/s1. The third-order valence-corrected chi connectivity index (χ3v) is 6.02. The molecule has 0 heterocycles. The van der Waals surface area contributed by atoms with Crippen molar-refractivity contribution in [3.63, 3.8) is 0 Å². The monoisotopic (exact) mass is 446 g/mol. The first-order valence-corrected chi connectivity index (χ1v) is 12.6. The Morgan fingerprint density at radius 1 is 1.06 bits per heavy atom. The molecule has 6 nitrogen and oxygen atoms in total. The number of benzene rings is 2. The molecule has 1 N–H and O–H groups in total. The summed E-state index contributed by atoms with van der Waals surface area (Å²) in [5.74, 6) is 0.864. The fraction of sp³-hybridized carbons (Fsp3) is 0.458. The highest BCUT2D eigenvalue weighted by Gasteiger charge is 2.22. The highest BCUT2D eigenvalue weighted by atomic mass is 32.2. The summed E-state index contributed by atoms with van der Waals surface area (Å²) in [6, 6.07) is 16.9. The van der Waals surface area contributed by atoms with Crippen LogP contribution >= 0.6 is 0 Å². The number of carbonyl (C=O) groups excluding carboxylic acids is 1. The van der Waals surface area contributed by atoms with Gasteiger partial charge in [-0.1, -0.05) is 56.3 Å². The highest BCUT2D eigenvalue weighted by molar-refractivity contribution is 7.92. The molecular formula is C24H34N2O4S. The summed E-state index contributed by atoms with van der Waals surface area (Å²) in [5, 5.41) is 3.12. The first-order chi connectivity index (χ1) is 14.7. The summed E-state index contributed by atoms with van der Waals surface area (Å²) in [6.07, 6.45) is 2.66. The predicted octanol–water partition coefficient (Wildman–Crippen LogP) is 4.54. The lowest BCUT2D eigenvalue weighted by molar-refractivity contribution is -0.122. The van der Waals surface area contributed by atoms with E-state index in [2.05, 4.69) is 19.2 Å². The van der Waals surface area contributed by atoms with E-state index in [4.69, 9.17) is 4.74 Å². The van der Waals surface area contributed by atoms with Crippen molar-refractivity contribution in [3.05, 3.63) is 60.2 Å². The average molecular weight is 447 g/mol. The van der Waals surface area contributed by atoms with Crippen LogP contribution in [-0.4, -0.2) is 33.7 Å². The molecule has 7 heteroatoms. The molecule has 0 spiro atoms. The molecule has 2 aromatic carbocycles. The molecule has 1 amide bonds. The summed E-state index contributed by atoms with van der Waals surface area (Å²) in [7, 11) is -3.52. The SMILES string of the molecule is CCOc1ccccc1N(CCCC(=O)N[C@@H](CC(C)C)c1ccccc1)S(C)(=O)=O. The molecule has 2 rings (SSSR count). The van der Waals surface area contributed by atoms with Crippen LogP contribution in [0.15, 0.2) is 54.6 Å². The van der Waals surface area contributed by atoms with Gasteiger partial charge in [-0.25, -0.2) is 8.42 Å². The second-order valence-corrected chi connectivity index (χ2v) is 9.91. The predicted molar refractivity (Wildman–Crippen MR) is 126 cm³/mol. The van der Waals surface area contributed by atoms with Gasteiger partial charge in [-0.15, -0.1) is 0 Å². The maximum atomic E-state index is 12.6. The van der Waals surface area contributed by atoms with Crippen molar-refractivity contribution >= 4 is 21.6 Å². The molecule has 0 saturated carbocycles. The minimum atomic E-state index is -3.52. The van der Waals surface area contributed by atoms with Gasteiger partial charge >= 0.3 is 0 Å². The van der Waals surface area contributed by atoms with E-state index in [1.807, 2.05) is 37.3 Å². The molecule has 0 aliphatic carbocycles. The molecule has 0 fully saturated rings. The Morgan fingerprint density at radius 2 is 1.71 bits per heavy atom. The van der Waals surface area contributed by atoms with Gasteiger partial charge in [0.05, 0.1) is 24.6 Å². The maximum absolute atomic E-state index is 12.6. The first kappa shape index (κ1) is 24.7. The maximum Gasteiger partial charge on any atom is 0.232 e. The van der Waals surface area contributed by atoms with Crippen molar-refractivity contribution in [1.29, 1.82) is 0 Å². The fourth-order valence-electron chi connectivity index (χ4n) is 3.49. The minimum Gasteiger partial charge on any atom is -0.492 e. The van der Waals surface area contributed by atoms with Crippen molar-refractivity contribution in [3.8, 4) is 5.75 Å². The van der Waals surface area contributed by atoms with Gasteiger partial charge in [-0.2, -0.15) is 0 Å². The first-order valence-electron chi connectivity index (χ1n) is 10.8. The number of rotatable bonds is 12. The van der Waals surface area contributed by atoms with Crippen LogP contribution in [0.5, 0.6) is 5.75 Å². The van der Waals surface area contributed by atoms with E-state index in [-0.39, 0.29) is 24.9 Å². The molecule has 0 unspecified atom stereocenters. The molecule has 2 aromatic rings. The van der Waals surface area contributed by atoms with Crippen LogP contribution in [0.2, 0.25) is 0 Å². The third kappa shape index (κ3) is 7.90. The zero-order chi connectivity index (χ0) is 22.9. The Balaban J connectivity index is 2.04. The zero-order valence-electron chi connectivity index (χ0n) is 18.9. The smallest absolute Gasteiger partial charge is 0.232 e. The second kappa shape index (κ2) is 11.7. The summed E-state index contributed by atoms with van der Waals surface area (Å²) in [4.78, 5) is 12.6. The molecule has 0 aliphatic heterocycles. The molecule has 0 aliphatic rings. The largest absolute Gasteiger partial charge is 0.492 e. The quantitative estimate of drug-likeness (QED) is 0.520. The summed E-state index contributed by atoms with van der Waals surface area (Å²) >= 11 is 0. The lowest BCUT2D eigenvalue weighted by atomic mass is 9.97. The number of ether oxygens (including phenoxy) is 1. The number of nitrogens with zero attached hydrogens (tertiary/aromatic N) is 1. The number of para-hydroxylation sites is 2. The second-order valence-electron chi connectivity index (χ2n) is 8.00. The van der Waals surface area contributed by atoms with Gasteiger partial charge < -0.3 is 10.1 Å². The van der Waals surface area contributed by atoms with Crippen LogP contribution in [0.1, 0.15) is 51.6 Å². The van der Waals surface area contributed by atoms with Crippen LogP contribution in [-0.2, 0) is 14.8 Å². The lowest BCUT2D eigenvalue weighted by Gasteiger charge is -2.25. The Labute approximate surface area is 186 Å². The topological polar surface area (TPSA) is 75.7 Å². The Bertz CT molecular complexity index is 930. The third-order valence-electron chi connectivity index (χ3n) is 4.84. The summed E-state index contributed by atoms with van der Waals surface area (Å²) in [5.41, 5.74) is 1.57. The Hall–Kier alpha value is -2.54. The number of carbonyl (C=O) groups is 1. The van der Waals surface area contributed by atoms with Gasteiger partial charge in [0, 0.05) is 13.0 Å². The molecule has 0 aromatic heterocycles. The fourth-order valence-corrected chi connectivity index (χ4v) is 4.46. The number of hydrogen-bond donors (Lipinski definition) is 1. The van der Waals surface area contributed by atoms with Crippen LogP contribution in [0, 0.1) is 5.92 Å². The van der Waals surface area contributed by atoms with Gasteiger partial charge in [-0.3, -0.25) is 9.10 Å². The summed E-state index contributed by atoms with van der Waals surface area (Å²) < 4.78 is 31.7. The van der Waals surface area contributed by atoms with E-state index in [1.54, 1.807) is 24.3 Å². The molecule has 0 radical (unpaired) electrons. The Kier molecular flexibility index (Phi) is 9.37. The normalized spacial score (nSPS) is 12.4. The summed E-state index contributed by atoms with van der Waals surface area (Å²) in [6.45, 7) is 6.75. The zero-order valence-corrected chi connectivity index (χ0v) is 19.7. The molecule has 0 bridgehead atoms. The van der Waals surface area contributed by atoms with E-state index < -0.39 is 10.0 Å². The number of hydrogen-bond acceptors (Lipinski definition) is 4. The van der Waals surface area contributed by atoms with Crippen molar-refractivity contribution in [2.45, 2.75) is 46.1 Å². The molecule has 31 heavy (non-hydrogen) atoms. The van der Waals surface area contributed by atoms with Crippen molar-refractivity contribution < 1.29 is 17.9 Å². The van der Waals surface area contributed by atoms with Gasteiger partial charge in [0.1, 0.15) is 5.75 Å². The van der Waals surface area contributed by atoms with Gasteiger partial charge in [0.2, 0.25) is 15.9 Å². The number of nitrogens with one attached hydrogen (secondary N) is 1. The lowest BCUT2D eigenvalue weighted by Crippen LogP contribution is -2.33. The van der Waals surface area contributed by atoms with E-state index in [0.717, 1.165) is 12.0 Å². The van der Waals surface area contributed by atoms with Gasteiger partial charge in [0.15, 0.2) is 0 Å². The molecular weight excluding hydrogens is 412 g/mol. The molecule has 170 valence electrons.